The molecule has 1 saturated heterocycles. The Morgan fingerprint density at radius 2 is 1.16 bits per heavy atom. The molecule has 1 unspecified atom stereocenters. The van der Waals surface area contributed by atoms with E-state index in [9.17, 15) is 57.0 Å². The lowest BCUT2D eigenvalue weighted by atomic mass is 9.77. The van der Waals surface area contributed by atoms with Crippen LogP contribution in [0.15, 0.2) is 120 Å². The van der Waals surface area contributed by atoms with Crippen molar-refractivity contribution in [1.82, 2.24) is 57.9 Å². The number of benzene rings is 5. The minimum atomic E-state index is -4.29. The van der Waals surface area contributed by atoms with Gasteiger partial charge < -0.3 is 88.1 Å². The zero-order valence-electron chi connectivity index (χ0n) is 71.6. The van der Waals surface area contributed by atoms with E-state index in [1.807, 2.05) is 126 Å². The summed E-state index contributed by atoms with van der Waals surface area (Å²) in [5.41, 5.74) is 7.79. The number of guanidine groups is 1. The summed E-state index contributed by atoms with van der Waals surface area (Å²) in [6.45, 7) is 26.6. The molecule has 9 amide bonds. The molecule has 2 aliphatic rings. The van der Waals surface area contributed by atoms with Gasteiger partial charge in [-0.05, 0) is 192 Å². The SMILES string of the molecule is Cc1c(C)c(S(=O)(=O)NC(=N)NCCC[C@H](N)C(=O)N[C@@H](CC(C)C)C(=O)N[C@@H](CCC(=O)NC(c2ccccc2)(c2ccccc2)c2ccccc2)C(=O)N[C@@H](Cc2ccc(OC(C)(C)C)cc2)C(=O)N[C@@H](C)C(=O)N[C@H](C(=O)N[C@H](C(=O)O)[C@@H](C)OC(C)(C)C)[C@@H](C)OC(=O)[C@H](CCC(=O)O)NC(=O)C2CCC(=O)N2)c(C)c2c1OC(C)(C)C2. The summed E-state index contributed by atoms with van der Waals surface area (Å²) < 4.78 is 54.0. The molecule has 33 nitrogen and oxygen atoms in total. The highest BCUT2D eigenvalue weighted by molar-refractivity contribution is 7.90. The number of esters is 1. The van der Waals surface area contributed by atoms with Crippen molar-refractivity contribution in [2.75, 3.05) is 6.54 Å². The van der Waals surface area contributed by atoms with Crippen molar-refractivity contribution in [1.29, 1.82) is 5.41 Å². The molecule has 7 rings (SSSR count). The highest BCUT2D eigenvalue weighted by Gasteiger charge is 2.43. The second kappa shape index (κ2) is 42.1. The lowest BCUT2D eigenvalue weighted by Crippen LogP contribution is -2.62. The van der Waals surface area contributed by atoms with Crippen molar-refractivity contribution >= 4 is 87.1 Å². The van der Waals surface area contributed by atoms with Crippen LogP contribution in [-0.2, 0) is 95.4 Å². The second-order valence-electron chi connectivity index (χ2n) is 33.8. The number of nitrogens with one attached hydrogen (secondary N) is 12. The van der Waals surface area contributed by atoms with Gasteiger partial charge in [0.25, 0.3) is 10.0 Å². The van der Waals surface area contributed by atoms with Crippen molar-refractivity contribution in [2.24, 2.45) is 11.7 Å². The third kappa shape index (κ3) is 27.8. The van der Waals surface area contributed by atoms with Gasteiger partial charge in [-0.2, -0.15) is 0 Å². The Morgan fingerprint density at radius 3 is 1.69 bits per heavy atom. The minimum Gasteiger partial charge on any atom is -0.488 e. The summed E-state index contributed by atoms with van der Waals surface area (Å²) >= 11 is 0. The van der Waals surface area contributed by atoms with Crippen LogP contribution in [0, 0.1) is 32.1 Å². The molecule has 5 aromatic rings. The summed E-state index contributed by atoms with van der Waals surface area (Å²) in [5.74, 6) is -12.2. The molecule has 2 aliphatic heterocycles. The van der Waals surface area contributed by atoms with E-state index < -0.39 is 202 Å². The van der Waals surface area contributed by atoms with E-state index in [0.717, 1.165) is 12.5 Å². The number of hydrogen-bond acceptors (Lipinski definition) is 20. The van der Waals surface area contributed by atoms with Crippen LogP contribution in [0.2, 0.25) is 0 Å². The van der Waals surface area contributed by atoms with E-state index in [1.165, 1.54) is 13.8 Å². The lowest BCUT2D eigenvalue weighted by molar-refractivity contribution is -0.158. The van der Waals surface area contributed by atoms with Gasteiger partial charge in [-0.25, -0.2) is 22.7 Å². The second-order valence-corrected chi connectivity index (χ2v) is 35.4. The fourth-order valence-corrected chi connectivity index (χ4v) is 15.9. The molecule has 2 heterocycles. The van der Waals surface area contributed by atoms with Crippen LogP contribution in [0.1, 0.15) is 192 Å². The van der Waals surface area contributed by atoms with Gasteiger partial charge in [0.2, 0.25) is 59.1 Å². The number of fused-ring (bicyclic) bond motifs is 1. The van der Waals surface area contributed by atoms with Gasteiger partial charge in [0.05, 0.1) is 22.6 Å². The number of aliphatic carboxylic acids is 2. The van der Waals surface area contributed by atoms with Gasteiger partial charge >= 0.3 is 17.9 Å². The van der Waals surface area contributed by atoms with E-state index >= 15 is 19.2 Å². The van der Waals surface area contributed by atoms with Crippen LogP contribution >= 0.6 is 0 Å². The number of sulfonamides is 1. The Morgan fingerprint density at radius 1 is 0.620 bits per heavy atom. The molecule has 658 valence electrons. The van der Waals surface area contributed by atoms with E-state index in [-0.39, 0.29) is 55.9 Å². The molecule has 0 saturated carbocycles. The van der Waals surface area contributed by atoms with Crippen LogP contribution in [0.4, 0.5) is 0 Å². The Kier molecular flexibility index (Phi) is 33.6. The fraction of sp³-hybridized carbons (Fsp3) is 0.506. The average molecular weight is 1700 g/mol. The lowest BCUT2D eigenvalue weighted by Gasteiger charge is -2.37. The van der Waals surface area contributed by atoms with Gasteiger partial charge in [-0.15, -0.1) is 0 Å². The number of carbonyl (C=O) groups is 12. The summed E-state index contributed by atoms with van der Waals surface area (Å²) in [5, 5.41) is 55.0. The van der Waals surface area contributed by atoms with E-state index in [2.05, 4.69) is 57.9 Å². The Hall–Kier alpha value is -11.5. The number of rotatable bonds is 41. The Bertz CT molecular complexity index is 4580. The van der Waals surface area contributed by atoms with Crippen LogP contribution in [-0.4, -0.2) is 186 Å². The van der Waals surface area contributed by atoms with E-state index in [0.29, 0.717) is 56.9 Å². The Balaban J connectivity index is 1.19. The van der Waals surface area contributed by atoms with Crippen LogP contribution in [0.5, 0.6) is 11.5 Å². The standard InChI is InChI=1S/C87H119N13O20S/c1-48(2)45-65(95-75(106)61(88)33-26-44-90-83(89)100-121(115,116)73-50(4)49(3)72-60(51(73)5)47-86(15,16)120-72)79(110)93-63(39-42-68(102)99-87(56-27-20-17-21-28-56,57-29-22-18-23-30-57)58-31-24-19-25-32-58)77(108)96-66(46-55-34-36-59(37-35-55)119-85(12,13)14)78(109)91-52(6)74(105)97-70(80(111)98-71(81(112)113)54(8)118-84(9,10)11)53(7)117-82(114)64(40-43-69(103)104)94-76(107)62-38-41-67(101)92-62/h17-25,27-32,34-37,48,52-54,61-66,70-71H,26,33,38-47,88H2,1-16H3,(H,91,109)(H,92,101)(H,93,110)(H,94,107)(H,95,106)(H,96,108)(H,97,105)(H,98,111)(H,99,102)(H,103,104)(H,112,113)(H3,89,90,100)/t52-,53+,54+,61-,62?,63-,64-,65-,66-,70-,71-/m0/s1. The first-order valence-corrected chi connectivity index (χ1v) is 42.0. The zero-order valence-corrected chi connectivity index (χ0v) is 72.4. The van der Waals surface area contributed by atoms with Gasteiger partial charge in [-0.1, -0.05) is 117 Å². The largest absolute Gasteiger partial charge is 0.488 e. The van der Waals surface area contributed by atoms with Crippen molar-refractivity contribution in [3.8, 4) is 11.5 Å². The van der Waals surface area contributed by atoms with Gasteiger partial charge in [-0.3, -0.25) is 53.4 Å². The molecule has 34 heteroatoms. The van der Waals surface area contributed by atoms with Crippen LogP contribution in [0.25, 0.3) is 0 Å². The highest BCUT2D eigenvalue weighted by Crippen LogP contribution is 2.44. The topological polar surface area (TPSA) is 499 Å². The van der Waals surface area contributed by atoms with Crippen molar-refractivity contribution in [3.63, 3.8) is 0 Å². The van der Waals surface area contributed by atoms with Gasteiger partial charge in [0.1, 0.15) is 76.6 Å². The molecular formula is C87H119N13O20S. The number of hydrogen-bond donors (Lipinski definition) is 15. The van der Waals surface area contributed by atoms with Crippen LogP contribution in [0.3, 0.4) is 0 Å². The molecule has 0 radical (unpaired) electrons. The molecule has 1 fully saturated rings. The summed E-state index contributed by atoms with van der Waals surface area (Å²) in [6.07, 6.45) is -4.97. The zero-order chi connectivity index (χ0) is 89.8. The van der Waals surface area contributed by atoms with Gasteiger partial charge in [0, 0.05) is 44.2 Å². The molecule has 121 heavy (non-hydrogen) atoms. The number of carboxylic acids is 2. The monoisotopic (exact) mass is 1700 g/mol. The molecule has 16 N–H and O–H groups in total. The number of carboxylic acid groups (broad SMARTS) is 2. The van der Waals surface area contributed by atoms with Crippen LogP contribution < -0.4 is 73.1 Å². The molecular weight excluding hydrogens is 1580 g/mol. The molecule has 5 aromatic carbocycles. The van der Waals surface area contributed by atoms with Crippen molar-refractivity contribution < 1.29 is 95.1 Å². The molecule has 0 aromatic heterocycles. The molecule has 0 spiro atoms. The maximum atomic E-state index is 15.6. The Labute approximate surface area is 706 Å². The molecule has 11 atom stereocenters. The predicted octanol–water partition coefficient (Wildman–Crippen LogP) is 5.37. The normalized spacial score (nSPS) is 16.3. The first-order valence-electron chi connectivity index (χ1n) is 40.5. The quantitative estimate of drug-likeness (QED) is 0.00769. The summed E-state index contributed by atoms with van der Waals surface area (Å²) in [6, 6.07) is 19.5. The predicted molar refractivity (Wildman–Crippen MR) is 450 cm³/mol. The average Bonchev–Trinajstić information content (AvgIpc) is 1.73. The maximum absolute atomic E-state index is 15.6. The summed E-state index contributed by atoms with van der Waals surface area (Å²) in [7, 11) is -4.29. The first kappa shape index (κ1) is 96.6. The smallest absolute Gasteiger partial charge is 0.329 e. The third-order valence-electron chi connectivity index (χ3n) is 20.4. The minimum absolute atomic E-state index is 0.0144. The van der Waals surface area contributed by atoms with E-state index in [1.54, 1.807) is 79.7 Å². The third-order valence-corrected chi connectivity index (χ3v) is 22.0. The first-order chi connectivity index (χ1) is 56.6. The highest BCUT2D eigenvalue weighted by atomic mass is 32.2. The molecule has 0 bridgehead atoms. The summed E-state index contributed by atoms with van der Waals surface area (Å²) in [4.78, 5) is 169. The maximum Gasteiger partial charge on any atom is 0.329 e. The number of amides is 9. The van der Waals surface area contributed by atoms with Crippen molar-refractivity contribution in [3.05, 3.63) is 160 Å². The number of ether oxygens (including phenoxy) is 4. The van der Waals surface area contributed by atoms with Gasteiger partial charge in [0.15, 0.2) is 6.04 Å². The number of carbonyl (C=O) groups excluding carboxylic acids is 10. The molecule has 0 aliphatic carbocycles. The van der Waals surface area contributed by atoms with Crippen molar-refractivity contribution in [2.45, 2.75) is 275 Å². The van der Waals surface area contributed by atoms with E-state index in [4.69, 9.17) is 30.1 Å². The fourth-order valence-electron chi connectivity index (χ4n) is 14.4. The number of nitrogens with two attached hydrogens (primary N) is 1.